The third kappa shape index (κ3) is 4.40. The molecule has 3 nitrogen and oxygen atoms in total. The van der Waals surface area contributed by atoms with Gasteiger partial charge in [0, 0.05) is 19.7 Å². The molecule has 1 aromatic rings. The van der Waals surface area contributed by atoms with Gasteiger partial charge in [-0.25, -0.2) is 4.39 Å². The molecule has 86 valence electrons. The summed E-state index contributed by atoms with van der Waals surface area (Å²) in [6.07, 6.45) is 5.32. The average Bonchev–Trinajstić information content (AvgIpc) is 2.20. The Morgan fingerprint density at radius 1 is 1.69 bits per heavy atom. The standard InChI is InChI=1S/C11H12ClFN2O/c1-8(16)14-5-3-2-4-11-10(13)6-9(12)7-15-11/h2,4,6-7H,3,5H2,1H3,(H,14,16). The SMILES string of the molecule is CC(=O)NCCC=Cc1ncc(Cl)cc1F. The Balaban J connectivity index is 2.47. The summed E-state index contributed by atoms with van der Waals surface area (Å²) >= 11 is 5.56. The fraction of sp³-hybridized carbons (Fsp3) is 0.273. The lowest BCUT2D eigenvalue weighted by Crippen LogP contribution is -2.20. The van der Waals surface area contributed by atoms with Crippen molar-refractivity contribution in [3.63, 3.8) is 0 Å². The van der Waals surface area contributed by atoms with E-state index in [1.54, 1.807) is 12.2 Å². The number of carbonyl (C=O) groups is 1. The second kappa shape index (κ2) is 6.23. The molecule has 0 fully saturated rings. The van der Waals surface area contributed by atoms with Crippen LogP contribution in [0.2, 0.25) is 5.02 Å². The molecule has 16 heavy (non-hydrogen) atoms. The molecule has 0 aromatic carbocycles. The molecule has 1 amide bonds. The number of amides is 1. The normalized spacial score (nSPS) is 10.7. The zero-order chi connectivity index (χ0) is 12.0. The molecule has 1 rings (SSSR count). The van der Waals surface area contributed by atoms with Gasteiger partial charge in [0.05, 0.1) is 10.7 Å². The zero-order valence-corrected chi connectivity index (χ0v) is 9.59. The minimum absolute atomic E-state index is 0.0794. The molecule has 0 aliphatic rings. The summed E-state index contributed by atoms with van der Waals surface area (Å²) in [5.41, 5.74) is 0.243. The van der Waals surface area contributed by atoms with Crippen molar-refractivity contribution in [2.75, 3.05) is 6.54 Å². The van der Waals surface area contributed by atoms with Crippen molar-refractivity contribution in [3.05, 3.63) is 34.9 Å². The highest BCUT2D eigenvalue weighted by atomic mass is 35.5. The molecule has 0 unspecified atom stereocenters. The third-order valence-corrected chi connectivity index (χ3v) is 2.00. The Kier molecular flexibility index (Phi) is 4.92. The summed E-state index contributed by atoms with van der Waals surface area (Å²) in [6.45, 7) is 1.98. The smallest absolute Gasteiger partial charge is 0.216 e. The van der Waals surface area contributed by atoms with Crippen LogP contribution < -0.4 is 5.32 Å². The first kappa shape index (κ1) is 12.6. The summed E-state index contributed by atoms with van der Waals surface area (Å²) in [5, 5.41) is 2.90. The van der Waals surface area contributed by atoms with E-state index in [-0.39, 0.29) is 16.6 Å². The molecule has 1 N–H and O–H groups in total. The average molecular weight is 243 g/mol. The molecule has 0 aliphatic carbocycles. The number of carbonyl (C=O) groups excluding carboxylic acids is 1. The lowest BCUT2D eigenvalue weighted by Gasteiger charge is -1.98. The number of rotatable bonds is 4. The number of nitrogens with one attached hydrogen (secondary N) is 1. The number of hydrogen-bond donors (Lipinski definition) is 1. The summed E-state index contributed by atoms with van der Waals surface area (Å²) in [7, 11) is 0. The predicted octanol–water partition coefficient (Wildman–Crippen LogP) is 2.41. The van der Waals surface area contributed by atoms with Gasteiger partial charge < -0.3 is 5.32 Å². The van der Waals surface area contributed by atoms with Gasteiger partial charge in [-0.1, -0.05) is 17.7 Å². The Morgan fingerprint density at radius 3 is 3.06 bits per heavy atom. The number of hydrogen-bond acceptors (Lipinski definition) is 2. The molecule has 1 aromatic heterocycles. The van der Waals surface area contributed by atoms with E-state index in [0.29, 0.717) is 13.0 Å². The van der Waals surface area contributed by atoms with Gasteiger partial charge in [0.25, 0.3) is 0 Å². The maximum atomic E-state index is 13.2. The first-order valence-electron chi connectivity index (χ1n) is 4.81. The van der Waals surface area contributed by atoms with Crippen LogP contribution in [0.5, 0.6) is 0 Å². The molecule has 5 heteroatoms. The van der Waals surface area contributed by atoms with Crippen LogP contribution in [0.3, 0.4) is 0 Å². The molecular formula is C11H12ClFN2O. The van der Waals surface area contributed by atoms with Crippen molar-refractivity contribution in [3.8, 4) is 0 Å². The number of aromatic nitrogens is 1. The van der Waals surface area contributed by atoms with Crippen LogP contribution in [-0.4, -0.2) is 17.4 Å². The van der Waals surface area contributed by atoms with E-state index in [1.165, 1.54) is 19.2 Å². The highest BCUT2D eigenvalue weighted by molar-refractivity contribution is 6.30. The molecular weight excluding hydrogens is 231 g/mol. The first-order valence-corrected chi connectivity index (χ1v) is 5.19. The fourth-order valence-electron chi connectivity index (χ4n) is 1.07. The van der Waals surface area contributed by atoms with Gasteiger partial charge in [-0.3, -0.25) is 9.78 Å². The van der Waals surface area contributed by atoms with Gasteiger partial charge in [0.1, 0.15) is 5.82 Å². The monoisotopic (exact) mass is 242 g/mol. The van der Waals surface area contributed by atoms with Crippen molar-refractivity contribution in [1.29, 1.82) is 0 Å². The Bertz CT molecular complexity index is 407. The van der Waals surface area contributed by atoms with Gasteiger partial charge in [-0.2, -0.15) is 0 Å². The zero-order valence-electron chi connectivity index (χ0n) is 8.84. The van der Waals surface area contributed by atoms with Crippen LogP contribution in [0.15, 0.2) is 18.3 Å². The number of halogens is 2. The van der Waals surface area contributed by atoms with E-state index in [4.69, 9.17) is 11.6 Å². The van der Waals surface area contributed by atoms with E-state index in [9.17, 15) is 9.18 Å². The summed E-state index contributed by atoms with van der Waals surface area (Å²) in [5.74, 6) is -0.535. The minimum Gasteiger partial charge on any atom is -0.356 e. The molecule has 0 saturated carbocycles. The minimum atomic E-state index is -0.455. The lowest BCUT2D eigenvalue weighted by molar-refractivity contribution is -0.118. The first-order chi connectivity index (χ1) is 7.59. The summed E-state index contributed by atoms with van der Waals surface area (Å²) in [6, 6.07) is 1.21. The molecule has 0 spiro atoms. The third-order valence-electron chi connectivity index (χ3n) is 1.80. The highest BCUT2D eigenvalue weighted by Gasteiger charge is 2.00. The largest absolute Gasteiger partial charge is 0.356 e. The van der Waals surface area contributed by atoms with Crippen molar-refractivity contribution < 1.29 is 9.18 Å². The van der Waals surface area contributed by atoms with Crippen LogP contribution in [0.1, 0.15) is 19.0 Å². The molecule has 0 aliphatic heterocycles. The van der Waals surface area contributed by atoms with Gasteiger partial charge >= 0.3 is 0 Å². The number of nitrogens with zero attached hydrogens (tertiary/aromatic N) is 1. The topological polar surface area (TPSA) is 42.0 Å². The van der Waals surface area contributed by atoms with Crippen molar-refractivity contribution in [2.45, 2.75) is 13.3 Å². The molecule has 1 heterocycles. The Morgan fingerprint density at radius 2 is 2.44 bits per heavy atom. The quantitative estimate of drug-likeness (QED) is 0.824. The fourth-order valence-corrected chi connectivity index (χ4v) is 1.22. The molecule has 0 bridgehead atoms. The van der Waals surface area contributed by atoms with Crippen LogP contribution in [0.4, 0.5) is 4.39 Å². The van der Waals surface area contributed by atoms with Crippen LogP contribution in [0.25, 0.3) is 6.08 Å². The van der Waals surface area contributed by atoms with E-state index in [2.05, 4.69) is 10.3 Å². The Hall–Kier alpha value is -1.42. The summed E-state index contributed by atoms with van der Waals surface area (Å²) in [4.78, 5) is 14.4. The van der Waals surface area contributed by atoms with E-state index in [1.807, 2.05) is 0 Å². The van der Waals surface area contributed by atoms with Gasteiger partial charge in [0.15, 0.2) is 0 Å². The van der Waals surface area contributed by atoms with Crippen molar-refractivity contribution in [2.24, 2.45) is 0 Å². The van der Waals surface area contributed by atoms with Gasteiger partial charge in [-0.05, 0) is 18.6 Å². The molecule has 0 saturated heterocycles. The van der Waals surface area contributed by atoms with Crippen molar-refractivity contribution >= 4 is 23.6 Å². The molecule has 0 atom stereocenters. The second-order valence-corrected chi connectivity index (χ2v) is 3.63. The van der Waals surface area contributed by atoms with E-state index in [0.717, 1.165) is 0 Å². The van der Waals surface area contributed by atoms with Crippen LogP contribution in [-0.2, 0) is 4.79 Å². The van der Waals surface area contributed by atoms with Crippen LogP contribution >= 0.6 is 11.6 Å². The van der Waals surface area contributed by atoms with E-state index < -0.39 is 5.82 Å². The Labute approximate surface area is 98.3 Å². The lowest BCUT2D eigenvalue weighted by atomic mass is 10.3. The van der Waals surface area contributed by atoms with Crippen molar-refractivity contribution in [1.82, 2.24) is 10.3 Å². The second-order valence-electron chi connectivity index (χ2n) is 3.19. The van der Waals surface area contributed by atoms with Gasteiger partial charge in [-0.15, -0.1) is 0 Å². The van der Waals surface area contributed by atoms with Gasteiger partial charge in [0.2, 0.25) is 5.91 Å². The highest BCUT2D eigenvalue weighted by Crippen LogP contribution is 2.12. The molecule has 0 radical (unpaired) electrons. The number of pyridine rings is 1. The van der Waals surface area contributed by atoms with E-state index >= 15 is 0 Å². The maximum absolute atomic E-state index is 13.2. The summed E-state index contributed by atoms with van der Waals surface area (Å²) < 4.78 is 13.2. The van der Waals surface area contributed by atoms with Crippen LogP contribution in [0, 0.1) is 5.82 Å². The predicted molar refractivity (Wildman–Crippen MR) is 61.5 cm³/mol. The maximum Gasteiger partial charge on any atom is 0.216 e.